The van der Waals surface area contributed by atoms with Gasteiger partial charge in [-0.3, -0.25) is 14.4 Å². The molecule has 0 aliphatic rings. The predicted molar refractivity (Wildman–Crippen MR) is 175 cm³/mol. The fourth-order valence-electron chi connectivity index (χ4n) is 4.07. The zero-order valence-corrected chi connectivity index (χ0v) is 28.5. The maximum atomic E-state index is 12.4. The molecule has 0 heterocycles. The zero-order chi connectivity index (χ0) is 37.1. The van der Waals surface area contributed by atoms with Gasteiger partial charge in [-0.25, -0.2) is 14.4 Å². The van der Waals surface area contributed by atoms with Gasteiger partial charge in [-0.05, 0) is 61.6 Å². The Labute approximate surface area is 289 Å². The Kier molecular flexibility index (Phi) is 17.4. The lowest BCUT2D eigenvalue weighted by Gasteiger charge is -2.13. The quantitative estimate of drug-likeness (QED) is 0.0755. The Hall–Kier alpha value is -5.60. The van der Waals surface area contributed by atoms with Crippen molar-refractivity contribution >= 4 is 48.5 Å². The van der Waals surface area contributed by atoms with E-state index in [-0.39, 0.29) is 62.2 Å². The molecule has 272 valence electrons. The van der Waals surface area contributed by atoms with Crippen LogP contribution in [0.25, 0.3) is 12.2 Å². The summed E-state index contributed by atoms with van der Waals surface area (Å²) in [5.74, 6) is -1.82. The molecular formula is C35H42O15. The van der Waals surface area contributed by atoms with Crippen LogP contribution < -0.4 is 14.2 Å². The Bertz CT molecular complexity index is 1420. The average molecular weight is 703 g/mol. The number of carbonyl (C=O) groups excluding carboxylic acids is 5. The second-order valence-electron chi connectivity index (χ2n) is 11.2. The van der Waals surface area contributed by atoms with Gasteiger partial charge in [-0.15, -0.1) is 0 Å². The fourth-order valence-corrected chi connectivity index (χ4v) is 4.07. The standard InChI is InChI=1S/C35H42O15/c1-22(18-32(38)39)12-15-43-33(40)48-29-10-8-27(9-11-29)6-7-28-19-30(49-34(41)44-16-13-23(2)46-25(4)36)21-31(20-28)50-35(42)45-17-14-24(3)47-26(5)37/h6-11,19-24H,12-18H2,1-5H3,(H,38,39)/b7-6+/t22-,23-,24-/m1/s1. The van der Waals surface area contributed by atoms with Crippen LogP contribution in [0.1, 0.15) is 71.4 Å². The third kappa shape index (κ3) is 18.1. The van der Waals surface area contributed by atoms with Crippen molar-refractivity contribution in [3.05, 3.63) is 53.6 Å². The van der Waals surface area contributed by atoms with Crippen LogP contribution in [-0.2, 0) is 38.1 Å². The highest BCUT2D eigenvalue weighted by atomic mass is 16.7. The fraction of sp³-hybridized carbons (Fsp3) is 0.429. The van der Waals surface area contributed by atoms with Gasteiger partial charge in [-0.2, -0.15) is 0 Å². The summed E-state index contributed by atoms with van der Waals surface area (Å²) < 4.78 is 40.8. The minimum atomic E-state index is -1.04. The number of ether oxygens (including phenoxy) is 8. The van der Waals surface area contributed by atoms with Crippen LogP contribution in [0.2, 0.25) is 0 Å². The summed E-state index contributed by atoms with van der Waals surface area (Å²) in [7, 11) is 0. The van der Waals surface area contributed by atoms with Gasteiger partial charge in [-0.1, -0.05) is 31.2 Å². The monoisotopic (exact) mass is 702 g/mol. The first-order valence-electron chi connectivity index (χ1n) is 15.7. The summed E-state index contributed by atoms with van der Waals surface area (Å²) in [6, 6.07) is 10.7. The molecule has 2 aromatic rings. The molecule has 50 heavy (non-hydrogen) atoms. The average Bonchev–Trinajstić information content (AvgIpc) is 2.99. The number of carboxylic acids is 1. The highest BCUT2D eigenvalue weighted by molar-refractivity contribution is 5.74. The Morgan fingerprint density at radius 3 is 1.46 bits per heavy atom. The number of benzene rings is 2. The van der Waals surface area contributed by atoms with Crippen molar-refractivity contribution in [2.24, 2.45) is 5.92 Å². The molecule has 0 spiro atoms. The molecule has 0 radical (unpaired) electrons. The van der Waals surface area contributed by atoms with Crippen molar-refractivity contribution in [2.75, 3.05) is 19.8 Å². The molecule has 0 aliphatic heterocycles. The molecule has 15 heteroatoms. The van der Waals surface area contributed by atoms with E-state index in [4.69, 9.17) is 43.0 Å². The van der Waals surface area contributed by atoms with Gasteiger partial charge >= 0.3 is 36.4 Å². The molecule has 3 atom stereocenters. The molecular weight excluding hydrogens is 660 g/mol. The van der Waals surface area contributed by atoms with E-state index in [0.717, 1.165) is 0 Å². The molecule has 0 aromatic heterocycles. The van der Waals surface area contributed by atoms with E-state index >= 15 is 0 Å². The largest absolute Gasteiger partial charge is 0.513 e. The van der Waals surface area contributed by atoms with E-state index in [9.17, 15) is 28.8 Å². The van der Waals surface area contributed by atoms with E-state index < -0.39 is 48.6 Å². The molecule has 15 nitrogen and oxygen atoms in total. The van der Waals surface area contributed by atoms with Gasteiger partial charge in [0.2, 0.25) is 0 Å². The maximum Gasteiger partial charge on any atom is 0.513 e. The van der Waals surface area contributed by atoms with E-state index in [1.54, 1.807) is 57.2 Å². The molecule has 2 aromatic carbocycles. The minimum Gasteiger partial charge on any atom is -0.481 e. The number of rotatable bonds is 18. The Morgan fingerprint density at radius 1 is 0.600 bits per heavy atom. The molecule has 0 unspecified atom stereocenters. The number of esters is 2. The van der Waals surface area contributed by atoms with Crippen molar-refractivity contribution in [1.82, 2.24) is 0 Å². The zero-order valence-electron chi connectivity index (χ0n) is 28.5. The van der Waals surface area contributed by atoms with Gasteiger partial charge in [0.05, 0.1) is 19.8 Å². The van der Waals surface area contributed by atoms with Gasteiger partial charge in [0, 0.05) is 39.2 Å². The van der Waals surface area contributed by atoms with Crippen LogP contribution in [0.4, 0.5) is 14.4 Å². The van der Waals surface area contributed by atoms with Gasteiger partial charge in [0.1, 0.15) is 29.5 Å². The number of aliphatic carboxylic acids is 1. The van der Waals surface area contributed by atoms with Crippen LogP contribution in [-0.4, -0.2) is 73.5 Å². The lowest BCUT2D eigenvalue weighted by molar-refractivity contribution is -0.147. The lowest BCUT2D eigenvalue weighted by Crippen LogP contribution is -2.18. The van der Waals surface area contributed by atoms with Crippen LogP contribution in [0, 0.1) is 5.92 Å². The van der Waals surface area contributed by atoms with Gasteiger partial charge in [0.15, 0.2) is 0 Å². The highest BCUT2D eigenvalue weighted by Gasteiger charge is 2.15. The first-order chi connectivity index (χ1) is 23.7. The van der Waals surface area contributed by atoms with Crippen LogP contribution in [0.5, 0.6) is 17.2 Å². The normalized spacial score (nSPS) is 12.5. The van der Waals surface area contributed by atoms with Crippen molar-refractivity contribution in [3.63, 3.8) is 0 Å². The van der Waals surface area contributed by atoms with Crippen LogP contribution in [0.3, 0.4) is 0 Å². The summed E-state index contributed by atoms with van der Waals surface area (Å²) in [6.07, 6.45) is 0.204. The molecule has 0 saturated carbocycles. The Morgan fingerprint density at radius 2 is 1.02 bits per heavy atom. The van der Waals surface area contributed by atoms with E-state index in [0.29, 0.717) is 17.5 Å². The first-order valence-corrected chi connectivity index (χ1v) is 15.7. The summed E-state index contributed by atoms with van der Waals surface area (Å²) in [6.45, 7) is 7.43. The maximum absolute atomic E-state index is 12.4. The number of hydrogen-bond acceptors (Lipinski definition) is 14. The first kappa shape index (κ1) is 40.6. The van der Waals surface area contributed by atoms with Gasteiger partial charge in [0.25, 0.3) is 0 Å². The smallest absolute Gasteiger partial charge is 0.481 e. The third-order valence-corrected chi connectivity index (χ3v) is 6.43. The number of carboxylic acid groups (broad SMARTS) is 1. The second-order valence-corrected chi connectivity index (χ2v) is 11.2. The lowest BCUT2D eigenvalue weighted by atomic mass is 10.1. The summed E-state index contributed by atoms with van der Waals surface area (Å²) in [4.78, 5) is 69.6. The number of hydrogen-bond donors (Lipinski definition) is 1. The molecule has 1 N–H and O–H groups in total. The summed E-state index contributed by atoms with van der Waals surface area (Å²) >= 11 is 0. The van der Waals surface area contributed by atoms with Gasteiger partial charge < -0.3 is 43.0 Å². The molecule has 0 fully saturated rings. The second kappa shape index (κ2) is 21.4. The molecule has 0 saturated heterocycles. The predicted octanol–water partition coefficient (Wildman–Crippen LogP) is 6.59. The van der Waals surface area contributed by atoms with E-state index in [2.05, 4.69) is 0 Å². The topological polar surface area (TPSA) is 196 Å². The van der Waals surface area contributed by atoms with Crippen molar-refractivity contribution in [3.8, 4) is 17.2 Å². The molecule has 0 bridgehead atoms. The third-order valence-electron chi connectivity index (χ3n) is 6.43. The summed E-state index contributed by atoms with van der Waals surface area (Å²) in [5.41, 5.74) is 1.13. The van der Waals surface area contributed by atoms with Crippen LogP contribution in [0.15, 0.2) is 42.5 Å². The molecule has 0 aliphatic carbocycles. The van der Waals surface area contributed by atoms with Crippen molar-refractivity contribution in [2.45, 2.75) is 72.5 Å². The number of carbonyl (C=O) groups is 6. The summed E-state index contributed by atoms with van der Waals surface area (Å²) in [5, 5.41) is 8.81. The van der Waals surface area contributed by atoms with E-state index in [1.165, 1.54) is 32.0 Å². The molecule has 2 rings (SSSR count). The van der Waals surface area contributed by atoms with Crippen molar-refractivity contribution < 1.29 is 71.8 Å². The van der Waals surface area contributed by atoms with E-state index in [1.807, 2.05) is 0 Å². The molecule has 0 amide bonds. The minimum absolute atomic E-state index is 0.0165. The Balaban J connectivity index is 2.07. The SMILES string of the molecule is CC(=O)O[C@H](C)CCOC(=O)Oc1cc(/C=C/c2ccc(OC(=O)OCC[C@@H](C)CC(=O)O)cc2)cc(OC(=O)OCC[C@@H](C)OC(C)=O)c1. The highest BCUT2D eigenvalue weighted by Crippen LogP contribution is 2.26. The van der Waals surface area contributed by atoms with Crippen LogP contribution >= 0.6 is 0 Å². The van der Waals surface area contributed by atoms with Crippen molar-refractivity contribution in [1.29, 1.82) is 0 Å².